The predicted molar refractivity (Wildman–Crippen MR) is 118 cm³/mol. The summed E-state index contributed by atoms with van der Waals surface area (Å²) in [6, 6.07) is 6.75. The van der Waals surface area contributed by atoms with E-state index >= 15 is 0 Å². The van der Waals surface area contributed by atoms with Crippen LogP contribution in [0, 0.1) is 5.92 Å². The van der Waals surface area contributed by atoms with Gasteiger partial charge in [-0.05, 0) is 35.6 Å². The van der Waals surface area contributed by atoms with Crippen molar-refractivity contribution >= 4 is 5.69 Å². The van der Waals surface area contributed by atoms with Gasteiger partial charge >= 0.3 is 0 Å². The monoisotopic (exact) mass is 369 g/mol. The smallest absolute Gasteiger partial charge is 0.0568 e. The maximum Gasteiger partial charge on any atom is 0.0568 e. The standard InChI is InChI=1S/C15H19N3.C9H20/c1-11-6-13-7-12(14-8-16-18(3)10-14)4-5-15(13)17(2)9-11;1-3-5-7-9-8-6-4-2/h4-5,7-8,10-11H,6,9H2,1-3H3;3-9H2,1-2H3/t11-;/m1./s1. The summed E-state index contributed by atoms with van der Waals surface area (Å²) in [6.45, 7) is 8.00. The van der Waals surface area contributed by atoms with Gasteiger partial charge in [-0.25, -0.2) is 0 Å². The summed E-state index contributed by atoms with van der Waals surface area (Å²) in [5.74, 6) is 0.728. The van der Waals surface area contributed by atoms with Crippen molar-refractivity contribution in [2.75, 3.05) is 18.5 Å². The first-order valence-electron chi connectivity index (χ1n) is 10.9. The molecule has 0 amide bonds. The third kappa shape index (κ3) is 6.71. The third-order valence-electron chi connectivity index (χ3n) is 5.39. The lowest BCUT2D eigenvalue weighted by Gasteiger charge is -2.32. The van der Waals surface area contributed by atoms with Crippen molar-refractivity contribution in [1.82, 2.24) is 9.78 Å². The van der Waals surface area contributed by atoms with E-state index in [0.29, 0.717) is 0 Å². The maximum absolute atomic E-state index is 4.24. The fraction of sp³-hybridized carbons (Fsp3) is 0.625. The largest absolute Gasteiger partial charge is 0.374 e. The maximum atomic E-state index is 4.24. The van der Waals surface area contributed by atoms with E-state index in [1.807, 2.05) is 17.9 Å². The van der Waals surface area contributed by atoms with Crippen LogP contribution in [0.2, 0.25) is 0 Å². The molecule has 150 valence electrons. The Kier molecular flexibility index (Phi) is 8.90. The molecule has 0 radical (unpaired) electrons. The summed E-state index contributed by atoms with van der Waals surface area (Å²) in [5.41, 5.74) is 5.30. The lowest BCUT2D eigenvalue weighted by atomic mass is 9.92. The Balaban J connectivity index is 0.000000249. The van der Waals surface area contributed by atoms with Crippen molar-refractivity contribution in [2.45, 2.75) is 72.1 Å². The molecule has 2 aromatic rings. The van der Waals surface area contributed by atoms with E-state index in [-0.39, 0.29) is 0 Å². The van der Waals surface area contributed by atoms with Gasteiger partial charge in [-0.2, -0.15) is 5.10 Å². The molecule has 0 bridgehead atoms. The highest BCUT2D eigenvalue weighted by atomic mass is 15.2. The van der Waals surface area contributed by atoms with E-state index < -0.39 is 0 Å². The Bertz CT molecular complexity index is 668. The minimum Gasteiger partial charge on any atom is -0.374 e. The Hall–Kier alpha value is -1.77. The molecule has 3 heteroatoms. The van der Waals surface area contributed by atoms with Crippen LogP contribution >= 0.6 is 0 Å². The van der Waals surface area contributed by atoms with Gasteiger partial charge in [-0.15, -0.1) is 0 Å². The second-order valence-electron chi connectivity index (χ2n) is 8.20. The molecule has 3 nitrogen and oxygen atoms in total. The molecule has 1 aromatic carbocycles. The number of benzene rings is 1. The molecule has 1 aliphatic heterocycles. The van der Waals surface area contributed by atoms with Crippen LogP contribution in [0.5, 0.6) is 0 Å². The van der Waals surface area contributed by atoms with Crippen molar-refractivity contribution in [2.24, 2.45) is 13.0 Å². The molecule has 27 heavy (non-hydrogen) atoms. The molecule has 0 saturated heterocycles. The molecule has 0 saturated carbocycles. The van der Waals surface area contributed by atoms with E-state index in [9.17, 15) is 0 Å². The summed E-state index contributed by atoms with van der Waals surface area (Å²) in [7, 11) is 4.13. The van der Waals surface area contributed by atoms with Crippen molar-refractivity contribution < 1.29 is 0 Å². The third-order valence-corrected chi connectivity index (χ3v) is 5.39. The lowest BCUT2D eigenvalue weighted by Crippen LogP contribution is -2.30. The SMILES string of the molecule is CCCCCCCCC.C[C@@H]1Cc2cc(-c3cnn(C)c3)ccc2N(C)C1. The fourth-order valence-electron chi connectivity index (χ4n) is 3.91. The normalized spacial score (nSPS) is 15.9. The number of nitrogens with zero attached hydrogens (tertiary/aromatic N) is 3. The summed E-state index contributed by atoms with van der Waals surface area (Å²) < 4.78 is 1.85. The molecule has 0 spiro atoms. The average Bonchev–Trinajstić information content (AvgIpc) is 3.08. The minimum absolute atomic E-state index is 0.728. The fourth-order valence-corrected chi connectivity index (χ4v) is 3.91. The van der Waals surface area contributed by atoms with Crippen molar-refractivity contribution in [1.29, 1.82) is 0 Å². The van der Waals surface area contributed by atoms with Crippen LogP contribution in [0.25, 0.3) is 11.1 Å². The van der Waals surface area contributed by atoms with Crippen LogP contribution in [0.1, 0.15) is 71.3 Å². The van der Waals surface area contributed by atoms with E-state index in [4.69, 9.17) is 0 Å². The van der Waals surface area contributed by atoms with E-state index in [0.717, 1.165) is 12.5 Å². The number of aryl methyl sites for hydroxylation is 1. The van der Waals surface area contributed by atoms with Gasteiger partial charge in [-0.3, -0.25) is 4.68 Å². The van der Waals surface area contributed by atoms with Crippen LogP contribution in [-0.2, 0) is 13.5 Å². The molecule has 0 unspecified atom stereocenters. The summed E-state index contributed by atoms with van der Waals surface area (Å²) >= 11 is 0. The van der Waals surface area contributed by atoms with Crippen molar-refractivity contribution in [3.63, 3.8) is 0 Å². The van der Waals surface area contributed by atoms with Crippen LogP contribution in [0.3, 0.4) is 0 Å². The molecule has 1 aliphatic rings. The van der Waals surface area contributed by atoms with Gasteiger partial charge in [0.05, 0.1) is 6.20 Å². The zero-order chi connectivity index (χ0) is 19.6. The summed E-state index contributed by atoms with van der Waals surface area (Å²) in [4.78, 5) is 2.36. The van der Waals surface area contributed by atoms with Gasteiger partial charge in [0.25, 0.3) is 0 Å². The molecular weight excluding hydrogens is 330 g/mol. The zero-order valence-corrected chi connectivity index (χ0v) is 18.2. The van der Waals surface area contributed by atoms with Crippen molar-refractivity contribution in [3.05, 3.63) is 36.2 Å². The number of unbranched alkanes of at least 4 members (excludes halogenated alkanes) is 6. The first kappa shape index (κ1) is 21.5. The first-order valence-corrected chi connectivity index (χ1v) is 10.9. The lowest BCUT2D eigenvalue weighted by molar-refractivity contribution is 0.552. The van der Waals surface area contributed by atoms with Crippen LogP contribution in [-0.4, -0.2) is 23.4 Å². The van der Waals surface area contributed by atoms with Gasteiger partial charge in [0.2, 0.25) is 0 Å². The zero-order valence-electron chi connectivity index (χ0n) is 18.2. The quantitative estimate of drug-likeness (QED) is 0.521. The van der Waals surface area contributed by atoms with Gasteiger partial charge in [0.1, 0.15) is 0 Å². The minimum atomic E-state index is 0.728. The summed E-state index contributed by atoms with van der Waals surface area (Å²) in [6.07, 6.45) is 15.1. The first-order chi connectivity index (χ1) is 13.0. The molecule has 0 N–H and O–H groups in total. The van der Waals surface area contributed by atoms with E-state index in [2.05, 4.69) is 62.2 Å². The number of rotatable bonds is 7. The topological polar surface area (TPSA) is 21.1 Å². The molecular formula is C24H39N3. The average molecular weight is 370 g/mol. The number of aromatic nitrogens is 2. The number of anilines is 1. The second-order valence-corrected chi connectivity index (χ2v) is 8.20. The number of hydrogen-bond acceptors (Lipinski definition) is 2. The highest BCUT2D eigenvalue weighted by Crippen LogP contribution is 2.32. The predicted octanol–water partition coefficient (Wildman–Crippen LogP) is 6.47. The molecule has 0 fully saturated rings. The second kappa shape index (κ2) is 11.2. The van der Waals surface area contributed by atoms with Gasteiger partial charge in [0.15, 0.2) is 0 Å². The molecule has 2 heterocycles. The number of fused-ring (bicyclic) bond motifs is 1. The molecule has 1 aromatic heterocycles. The molecule has 1 atom stereocenters. The Morgan fingerprint density at radius 2 is 1.63 bits per heavy atom. The molecule has 3 rings (SSSR count). The summed E-state index contributed by atoms with van der Waals surface area (Å²) in [5, 5.41) is 4.24. The van der Waals surface area contributed by atoms with Crippen LogP contribution in [0.4, 0.5) is 5.69 Å². The highest BCUT2D eigenvalue weighted by molar-refractivity contribution is 5.68. The van der Waals surface area contributed by atoms with Crippen molar-refractivity contribution in [3.8, 4) is 11.1 Å². The van der Waals surface area contributed by atoms with Crippen LogP contribution in [0.15, 0.2) is 30.6 Å². The number of hydrogen-bond donors (Lipinski definition) is 0. The van der Waals surface area contributed by atoms with E-state index in [1.165, 1.54) is 73.7 Å². The van der Waals surface area contributed by atoms with Gasteiger partial charge in [0, 0.05) is 38.1 Å². The Morgan fingerprint density at radius 1 is 0.963 bits per heavy atom. The van der Waals surface area contributed by atoms with Crippen LogP contribution < -0.4 is 4.90 Å². The Morgan fingerprint density at radius 3 is 2.22 bits per heavy atom. The van der Waals surface area contributed by atoms with Gasteiger partial charge < -0.3 is 4.90 Å². The Labute approximate surface area is 166 Å². The van der Waals surface area contributed by atoms with Gasteiger partial charge in [-0.1, -0.05) is 71.8 Å². The molecule has 0 aliphatic carbocycles. The highest BCUT2D eigenvalue weighted by Gasteiger charge is 2.19. The van der Waals surface area contributed by atoms with E-state index in [1.54, 1.807) is 0 Å².